The molecule has 0 bridgehead atoms. The van der Waals surface area contributed by atoms with Crippen LogP contribution in [0.1, 0.15) is 34.6 Å². The Morgan fingerprint density at radius 1 is 1.00 bits per heavy atom. The number of fused-ring (bicyclic) bond motifs is 2. The maximum Gasteiger partial charge on any atom is 0.295 e. The van der Waals surface area contributed by atoms with E-state index in [9.17, 15) is 9.59 Å². The number of benzene rings is 3. The number of ether oxygens (including phenoxy) is 1. The quantitative estimate of drug-likeness (QED) is 0.422. The van der Waals surface area contributed by atoms with Gasteiger partial charge in [-0.1, -0.05) is 41.9 Å². The molecule has 0 aliphatic carbocycles. The van der Waals surface area contributed by atoms with E-state index in [2.05, 4.69) is 0 Å². The van der Waals surface area contributed by atoms with Crippen molar-refractivity contribution in [2.75, 3.05) is 11.5 Å². The van der Waals surface area contributed by atoms with Gasteiger partial charge in [-0.2, -0.15) is 0 Å². The molecule has 31 heavy (non-hydrogen) atoms. The minimum atomic E-state index is -0.610. The van der Waals surface area contributed by atoms with Crippen molar-refractivity contribution in [2.45, 2.75) is 13.0 Å². The number of halogens is 1. The highest BCUT2D eigenvalue weighted by Gasteiger charge is 2.43. The van der Waals surface area contributed by atoms with Gasteiger partial charge in [-0.15, -0.1) is 0 Å². The number of amides is 1. The highest BCUT2D eigenvalue weighted by molar-refractivity contribution is 6.31. The molecule has 1 aliphatic heterocycles. The molecule has 4 aromatic rings. The molecule has 0 N–H and O–H groups in total. The van der Waals surface area contributed by atoms with Crippen LogP contribution in [-0.2, 0) is 0 Å². The number of rotatable bonds is 4. The lowest BCUT2D eigenvalue weighted by molar-refractivity contribution is 0.0971. The summed E-state index contributed by atoms with van der Waals surface area (Å²) in [4.78, 5) is 28.6. The molecule has 3 aromatic carbocycles. The predicted molar refractivity (Wildman–Crippen MR) is 120 cm³/mol. The van der Waals surface area contributed by atoms with E-state index in [1.54, 1.807) is 23.1 Å². The van der Waals surface area contributed by atoms with Crippen molar-refractivity contribution in [2.24, 2.45) is 0 Å². The first-order valence-electron chi connectivity index (χ1n) is 9.96. The minimum Gasteiger partial charge on any atom is -0.494 e. The number of carbonyl (C=O) groups is 1. The smallest absolute Gasteiger partial charge is 0.295 e. The maximum absolute atomic E-state index is 13.5. The molecule has 0 saturated heterocycles. The van der Waals surface area contributed by atoms with Crippen LogP contribution in [0.25, 0.3) is 11.0 Å². The molecule has 1 aromatic heterocycles. The van der Waals surface area contributed by atoms with Crippen molar-refractivity contribution < 1.29 is 13.9 Å². The molecule has 0 spiro atoms. The van der Waals surface area contributed by atoms with E-state index in [0.717, 1.165) is 5.56 Å². The third kappa shape index (κ3) is 3.18. The Morgan fingerprint density at radius 3 is 2.45 bits per heavy atom. The van der Waals surface area contributed by atoms with E-state index in [1.165, 1.54) is 0 Å². The fourth-order valence-electron chi connectivity index (χ4n) is 4.03. The van der Waals surface area contributed by atoms with Crippen LogP contribution in [0.15, 0.2) is 82.0 Å². The van der Waals surface area contributed by atoms with Gasteiger partial charge in [0.25, 0.3) is 5.91 Å². The van der Waals surface area contributed by atoms with Crippen molar-refractivity contribution in [3.63, 3.8) is 0 Å². The van der Waals surface area contributed by atoms with Crippen LogP contribution in [0.4, 0.5) is 5.69 Å². The van der Waals surface area contributed by atoms with Crippen molar-refractivity contribution in [3.05, 3.63) is 105 Å². The molecule has 6 heteroatoms. The Balaban J connectivity index is 1.74. The van der Waals surface area contributed by atoms with Crippen molar-refractivity contribution in [1.82, 2.24) is 0 Å². The largest absolute Gasteiger partial charge is 0.494 e. The van der Waals surface area contributed by atoms with Crippen LogP contribution in [-0.4, -0.2) is 12.5 Å². The Labute approximate surface area is 183 Å². The molecular weight excluding hydrogens is 414 g/mol. The van der Waals surface area contributed by atoms with E-state index in [-0.39, 0.29) is 17.1 Å². The molecule has 1 unspecified atom stereocenters. The van der Waals surface area contributed by atoms with Crippen LogP contribution in [0, 0.1) is 0 Å². The van der Waals surface area contributed by atoms with Gasteiger partial charge in [0.2, 0.25) is 5.76 Å². The molecule has 1 aliphatic rings. The molecule has 5 nitrogen and oxygen atoms in total. The summed E-state index contributed by atoms with van der Waals surface area (Å²) in [6.07, 6.45) is 0. The van der Waals surface area contributed by atoms with Gasteiger partial charge in [-0.25, -0.2) is 0 Å². The summed E-state index contributed by atoms with van der Waals surface area (Å²) in [5, 5.41) is 0.789. The summed E-state index contributed by atoms with van der Waals surface area (Å²) >= 11 is 6.12. The zero-order chi connectivity index (χ0) is 21.5. The fourth-order valence-corrected chi connectivity index (χ4v) is 4.20. The van der Waals surface area contributed by atoms with Gasteiger partial charge in [-0.05, 0) is 55.0 Å². The van der Waals surface area contributed by atoms with Gasteiger partial charge >= 0.3 is 0 Å². The fraction of sp³-hybridized carbons (Fsp3) is 0.120. The SMILES string of the molecule is CCOc1ccc(N2C(=O)c3oc4ccc(Cl)cc4c(=O)c3C2c2ccccc2)cc1. The molecule has 0 radical (unpaired) electrons. The van der Waals surface area contributed by atoms with Crippen LogP contribution in [0.3, 0.4) is 0 Å². The van der Waals surface area contributed by atoms with Crippen molar-refractivity contribution in [3.8, 4) is 5.75 Å². The van der Waals surface area contributed by atoms with Gasteiger partial charge in [0.1, 0.15) is 11.3 Å². The van der Waals surface area contributed by atoms with E-state index >= 15 is 0 Å². The summed E-state index contributed by atoms with van der Waals surface area (Å²) in [6, 6.07) is 20.9. The molecule has 0 saturated carbocycles. The third-order valence-corrected chi connectivity index (χ3v) is 5.61. The van der Waals surface area contributed by atoms with E-state index in [0.29, 0.717) is 39.6 Å². The number of anilines is 1. The molecule has 0 fully saturated rings. The predicted octanol–water partition coefficient (Wildman–Crippen LogP) is 5.59. The highest BCUT2D eigenvalue weighted by atomic mass is 35.5. The van der Waals surface area contributed by atoms with Gasteiger partial charge in [0.05, 0.1) is 23.6 Å². The summed E-state index contributed by atoms with van der Waals surface area (Å²) in [5.41, 5.74) is 1.86. The normalized spacial score (nSPS) is 15.4. The first-order chi connectivity index (χ1) is 15.1. The van der Waals surface area contributed by atoms with Gasteiger partial charge in [0.15, 0.2) is 5.43 Å². The van der Waals surface area contributed by atoms with Crippen LogP contribution in [0.2, 0.25) is 5.02 Å². The molecular formula is C25H18ClNO4. The molecule has 5 rings (SSSR count). The van der Waals surface area contributed by atoms with E-state index in [4.69, 9.17) is 20.8 Å². The first-order valence-corrected chi connectivity index (χ1v) is 10.3. The lowest BCUT2D eigenvalue weighted by Crippen LogP contribution is -2.29. The minimum absolute atomic E-state index is 0.0579. The average molecular weight is 432 g/mol. The molecule has 154 valence electrons. The van der Waals surface area contributed by atoms with Crippen molar-refractivity contribution in [1.29, 1.82) is 0 Å². The lowest BCUT2D eigenvalue weighted by atomic mass is 9.98. The standard InChI is InChI=1S/C25H18ClNO4/c1-2-30-18-11-9-17(10-12-18)27-22(15-6-4-3-5-7-15)21-23(28)19-14-16(26)8-13-20(19)31-24(21)25(27)29/h3-14,22H,2H2,1H3. The summed E-state index contributed by atoms with van der Waals surface area (Å²) in [6.45, 7) is 2.46. The second-order valence-corrected chi connectivity index (χ2v) is 7.67. The Kier molecular flexibility index (Phi) is 4.75. The second-order valence-electron chi connectivity index (χ2n) is 7.23. The highest BCUT2D eigenvalue weighted by Crippen LogP contribution is 2.41. The first kappa shape index (κ1) is 19.4. The molecule has 1 amide bonds. The zero-order valence-corrected chi connectivity index (χ0v) is 17.4. The van der Waals surface area contributed by atoms with Crippen LogP contribution in [0.5, 0.6) is 5.75 Å². The topological polar surface area (TPSA) is 59.8 Å². The number of hydrogen-bond acceptors (Lipinski definition) is 4. The summed E-state index contributed by atoms with van der Waals surface area (Å²) in [7, 11) is 0. The van der Waals surface area contributed by atoms with Gasteiger partial charge in [0, 0.05) is 10.7 Å². The van der Waals surface area contributed by atoms with E-state index < -0.39 is 6.04 Å². The monoisotopic (exact) mass is 431 g/mol. The van der Waals surface area contributed by atoms with Crippen LogP contribution < -0.4 is 15.1 Å². The second kappa shape index (κ2) is 7.60. The number of carbonyl (C=O) groups excluding carboxylic acids is 1. The number of hydrogen-bond donors (Lipinski definition) is 0. The third-order valence-electron chi connectivity index (χ3n) is 5.37. The summed E-state index contributed by atoms with van der Waals surface area (Å²) in [5.74, 6) is 0.408. The Hall–Kier alpha value is -3.57. The molecule has 1 atom stereocenters. The number of nitrogens with zero attached hydrogens (tertiary/aromatic N) is 1. The lowest BCUT2D eigenvalue weighted by Gasteiger charge is -2.25. The maximum atomic E-state index is 13.5. The average Bonchev–Trinajstić information content (AvgIpc) is 3.08. The Morgan fingerprint density at radius 2 is 1.74 bits per heavy atom. The van der Waals surface area contributed by atoms with Crippen LogP contribution >= 0.6 is 11.6 Å². The van der Waals surface area contributed by atoms with E-state index in [1.807, 2.05) is 61.5 Å². The Bertz CT molecular complexity index is 1350. The zero-order valence-electron chi connectivity index (χ0n) is 16.7. The van der Waals surface area contributed by atoms with Gasteiger partial charge < -0.3 is 9.15 Å². The summed E-state index contributed by atoms with van der Waals surface area (Å²) < 4.78 is 11.5. The van der Waals surface area contributed by atoms with Gasteiger partial charge in [-0.3, -0.25) is 14.5 Å². The molecule has 2 heterocycles. The van der Waals surface area contributed by atoms with Crippen molar-refractivity contribution >= 4 is 34.2 Å².